The Morgan fingerprint density at radius 1 is 1.42 bits per heavy atom. The quantitative estimate of drug-likeness (QED) is 0.887. The van der Waals surface area contributed by atoms with Gasteiger partial charge in [-0.3, -0.25) is 0 Å². The molecule has 24 heavy (non-hydrogen) atoms. The lowest BCUT2D eigenvalue weighted by atomic mass is 10.0. The maximum atomic E-state index is 13.8. The molecule has 1 aromatic carbocycles. The van der Waals surface area contributed by atoms with Crippen LogP contribution in [-0.2, 0) is 4.74 Å². The highest BCUT2D eigenvalue weighted by molar-refractivity contribution is 5.75. The lowest BCUT2D eigenvalue weighted by Crippen LogP contribution is -2.53. The number of carbonyl (C=O) groups is 1. The summed E-state index contributed by atoms with van der Waals surface area (Å²) in [4.78, 5) is 14.3. The van der Waals surface area contributed by atoms with Crippen molar-refractivity contribution in [2.75, 3.05) is 19.8 Å². The Labute approximate surface area is 142 Å². The van der Waals surface area contributed by atoms with Crippen molar-refractivity contribution in [2.45, 2.75) is 52.3 Å². The number of morpholine rings is 1. The molecule has 0 saturated carbocycles. The molecule has 1 heterocycles. The number of aliphatic hydroxyl groups excluding tert-OH is 1. The van der Waals surface area contributed by atoms with Gasteiger partial charge >= 0.3 is 6.03 Å². The molecule has 0 radical (unpaired) electrons. The van der Waals surface area contributed by atoms with Crippen LogP contribution in [0.25, 0.3) is 0 Å². The van der Waals surface area contributed by atoms with Gasteiger partial charge in [0.25, 0.3) is 0 Å². The predicted molar refractivity (Wildman–Crippen MR) is 90.4 cm³/mol. The van der Waals surface area contributed by atoms with Crippen LogP contribution in [0.3, 0.4) is 0 Å². The maximum Gasteiger partial charge on any atom is 0.318 e. The molecule has 1 fully saturated rings. The van der Waals surface area contributed by atoms with E-state index >= 15 is 0 Å². The third-order valence-corrected chi connectivity index (χ3v) is 4.40. The minimum Gasteiger partial charge on any atom is -0.393 e. The molecule has 134 valence electrons. The molecule has 0 unspecified atom stereocenters. The van der Waals surface area contributed by atoms with Crippen LogP contribution in [0.2, 0.25) is 0 Å². The van der Waals surface area contributed by atoms with E-state index in [4.69, 9.17) is 4.74 Å². The molecule has 1 aliphatic heterocycles. The van der Waals surface area contributed by atoms with E-state index < -0.39 is 6.10 Å². The molecule has 0 aromatic heterocycles. The van der Waals surface area contributed by atoms with E-state index in [-0.39, 0.29) is 23.9 Å². The number of aryl methyl sites for hydroxylation is 2. The van der Waals surface area contributed by atoms with Gasteiger partial charge in [-0.2, -0.15) is 0 Å². The zero-order valence-electron chi connectivity index (χ0n) is 14.8. The van der Waals surface area contributed by atoms with Gasteiger partial charge in [-0.1, -0.05) is 12.1 Å². The number of urea groups is 1. The predicted octanol–water partition coefficient (Wildman–Crippen LogP) is 2.68. The second-order valence-corrected chi connectivity index (χ2v) is 6.65. The molecular formula is C18H27FN2O3. The highest BCUT2D eigenvalue weighted by Gasteiger charge is 2.29. The second-order valence-electron chi connectivity index (χ2n) is 6.65. The maximum absolute atomic E-state index is 13.8. The largest absolute Gasteiger partial charge is 0.393 e. The van der Waals surface area contributed by atoms with Gasteiger partial charge in [0.05, 0.1) is 31.4 Å². The number of hydrogen-bond donors (Lipinski definition) is 2. The van der Waals surface area contributed by atoms with Crippen molar-refractivity contribution >= 4 is 6.03 Å². The third-order valence-electron chi connectivity index (χ3n) is 4.40. The van der Waals surface area contributed by atoms with Gasteiger partial charge in [-0.25, -0.2) is 9.18 Å². The van der Waals surface area contributed by atoms with Crippen molar-refractivity contribution in [3.05, 3.63) is 34.6 Å². The smallest absolute Gasteiger partial charge is 0.318 e. The second kappa shape index (κ2) is 7.94. The van der Waals surface area contributed by atoms with Crippen LogP contribution in [0.4, 0.5) is 9.18 Å². The van der Waals surface area contributed by atoms with E-state index in [9.17, 15) is 14.3 Å². The minimum atomic E-state index is -0.494. The fourth-order valence-corrected chi connectivity index (χ4v) is 3.09. The first-order chi connectivity index (χ1) is 11.3. The molecule has 1 aliphatic rings. The molecular weight excluding hydrogens is 311 g/mol. The Hall–Kier alpha value is -1.66. The Balaban J connectivity index is 2.07. The average Bonchev–Trinajstić information content (AvgIpc) is 2.51. The normalized spacial score (nSPS) is 20.6. The summed E-state index contributed by atoms with van der Waals surface area (Å²) in [6, 6.07) is 2.98. The lowest BCUT2D eigenvalue weighted by molar-refractivity contribution is -0.00474. The first kappa shape index (κ1) is 18.7. The molecule has 0 bridgehead atoms. The third kappa shape index (κ3) is 4.45. The first-order valence-corrected chi connectivity index (χ1v) is 8.39. The molecule has 6 heteroatoms. The number of hydrogen-bond acceptors (Lipinski definition) is 3. The van der Waals surface area contributed by atoms with E-state index in [1.54, 1.807) is 37.8 Å². The Morgan fingerprint density at radius 3 is 2.62 bits per heavy atom. The van der Waals surface area contributed by atoms with E-state index in [0.717, 1.165) is 5.56 Å². The summed E-state index contributed by atoms with van der Waals surface area (Å²) in [6.45, 7) is 8.46. The Kier molecular flexibility index (Phi) is 6.18. The van der Waals surface area contributed by atoms with Crippen molar-refractivity contribution < 1.29 is 19.0 Å². The average molecular weight is 338 g/mol. The summed E-state index contributed by atoms with van der Waals surface area (Å²) < 4.78 is 19.2. The molecule has 0 aliphatic carbocycles. The number of amides is 2. The van der Waals surface area contributed by atoms with Gasteiger partial charge in [-0.15, -0.1) is 0 Å². The fourth-order valence-electron chi connectivity index (χ4n) is 3.09. The summed E-state index contributed by atoms with van der Waals surface area (Å²) in [5.41, 5.74) is 2.02. The van der Waals surface area contributed by atoms with Gasteiger partial charge in [-0.05, 0) is 50.8 Å². The molecule has 1 saturated heterocycles. The standard InChI is InChI=1S/C18H27FN2O3/c1-11-7-15(8-12(2)17(11)19)14(4)20-18(23)21-5-6-24-10-16(21)9-13(3)22/h7-8,13-14,16,22H,5-6,9-10H2,1-4H3,(H,20,23)/t13-,14-,16+/m0/s1. The van der Waals surface area contributed by atoms with Crippen molar-refractivity contribution in [1.82, 2.24) is 10.2 Å². The fraction of sp³-hybridized carbons (Fsp3) is 0.611. The van der Waals surface area contributed by atoms with Crippen LogP contribution in [-0.4, -0.2) is 47.9 Å². The zero-order valence-corrected chi connectivity index (χ0v) is 14.8. The summed E-state index contributed by atoms with van der Waals surface area (Å²) in [6.07, 6.45) is -0.0110. The number of aliphatic hydroxyl groups is 1. The molecule has 5 nitrogen and oxygen atoms in total. The number of nitrogens with one attached hydrogen (secondary N) is 1. The summed E-state index contributed by atoms with van der Waals surface area (Å²) >= 11 is 0. The number of ether oxygens (including phenoxy) is 1. The highest BCUT2D eigenvalue weighted by atomic mass is 19.1. The Morgan fingerprint density at radius 2 is 2.04 bits per heavy atom. The van der Waals surface area contributed by atoms with E-state index in [1.807, 2.05) is 6.92 Å². The van der Waals surface area contributed by atoms with Crippen LogP contribution < -0.4 is 5.32 Å². The molecule has 2 N–H and O–H groups in total. The Bertz CT molecular complexity index is 569. The van der Waals surface area contributed by atoms with Gasteiger partial charge in [0.2, 0.25) is 0 Å². The molecule has 2 amide bonds. The van der Waals surface area contributed by atoms with Gasteiger partial charge in [0.1, 0.15) is 5.82 Å². The van der Waals surface area contributed by atoms with Crippen molar-refractivity contribution in [1.29, 1.82) is 0 Å². The monoisotopic (exact) mass is 338 g/mol. The van der Waals surface area contributed by atoms with Crippen LogP contribution in [0.15, 0.2) is 12.1 Å². The van der Waals surface area contributed by atoms with E-state index in [0.29, 0.717) is 37.3 Å². The first-order valence-electron chi connectivity index (χ1n) is 8.39. The van der Waals surface area contributed by atoms with Crippen LogP contribution in [0, 0.1) is 19.7 Å². The highest BCUT2D eigenvalue weighted by Crippen LogP contribution is 2.21. The van der Waals surface area contributed by atoms with Crippen molar-refractivity contribution in [2.24, 2.45) is 0 Å². The lowest BCUT2D eigenvalue weighted by Gasteiger charge is -2.37. The number of nitrogens with zero attached hydrogens (tertiary/aromatic N) is 1. The van der Waals surface area contributed by atoms with Gasteiger partial charge in [0, 0.05) is 6.54 Å². The van der Waals surface area contributed by atoms with Gasteiger partial charge < -0.3 is 20.1 Å². The van der Waals surface area contributed by atoms with Crippen LogP contribution in [0.1, 0.15) is 43.0 Å². The SMILES string of the molecule is Cc1cc([C@H](C)NC(=O)N2CCOC[C@H]2C[C@H](C)O)cc(C)c1F. The van der Waals surface area contributed by atoms with Gasteiger partial charge in [0.15, 0.2) is 0 Å². The summed E-state index contributed by atoms with van der Waals surface area (Å²) in [5, 5.41) is 12.6. The van der Waals surface area contributed by atoms with Crippen molar-refractivity contribution in [3.8, 4) is 0 Å². The van der Waals surface area contributed by atoms with Crippen LogP contribution in [0.5, 0.6) is 0 Å². The van der Waals surface area contributed by atoms with Crippen molar-refractivity contribution in [3.63, 3.8) is 0 Å². The zero-order chi connectivity index (χ0) is 17.9. The number of halogens is 1. The van der Waals surface area contributed by atoms with E-state index in [2.05, 4.69) is 5.32 Å². The molecule has 1 aromatic rings. The number of carbonyl (C=O) groups excluding carboxylic acids is 1. The molecule has 3 atom stereocenters. The number of rotatable bonds is 4. The van der Waals surface area contributed by atoms with Crippen LogP contribution >= 0.6 is 0 Å². The van der Waals surface area contributed by atoms with E-state index in [1.165, 1.54) is 0 Å². The minimum absolute atomic E-state index is 0.136. The summed E-state index contributed by atoms with van der Waals surface area (Å²) in [7, 11) is 0. The topological polar surface area (TPSA) is 61.8 Å². The molecule has 0 spiro atoms. The molecule has 2 rings (SSSR count). The summed E-state index contributed by atoms with van der Waals surface area (Å²) in [5.74, 6) is -0.206. The number of benzene rings is 1.